The molecule has 0 spiro atoms. The molecule has 1 aliphatic rings. The van der Waals surface area contributed by atoms with Gasteiger partial charge < -0.3 is 0 Å². The zero-order valence-corrected chi connectivity index (χ0v) is 13.4. The summed E-state index contributed by atoms with van der Waals surface area (Å²) in [5, 5.41) is 2.04. The zero-order chi connectivity index (χ0) is 17.9. The molecule has 0 radical (unpaired) electrons. The summed E-state index contributed by atoms with van der Waals surface area (Å²) < 4.78 is 26.9. The average molecular weight is 291 g/mol. The third kappa shape index (κ3) is 1.96. The Bertz CT molecular complexity index is 1040. The van der Waals surface area contributed by atoms with Crippen molar-refractivity contribution in [2.24, 2.45) is 7.05 Å². The lowest BCUT2D eigenvalue weighted by Gasteiger charge is -2.11. The number of rotatable bonds is 1. The number of hydrogen-bond donors (Lipinski definition) is 0. The number of aryl methyl sites for hydroxylation is 2. The third-order valence-electron chi connectivity index (χ3n) is 4.90. The molecule has 1 heteroatoms. The Morgan fingerprint density at radius 1 is 1.14 bits per heavy atom. The molecule has 1 nitrogen and oxygen atoms in total. The van der Waals surface area contributed by atoms with Gasteiger partial charge >= 0.3 is 0 Å². The molecule has 0 unspecified atom stereocenters. The number of aromatic nitrogens is 1. The van der Waals surface area contributed by atoms with Gasteiger partial charge in [-0.2, -0.15) is 4.57 Å². The highest BCUT2D eigenvalue weighted by atomic mass is 14.9. The van der Waals surface area contributed by atoms with Crippen LogP contribution in [-0.4, -0.2) is 0 Å². The molecule has 3 aromatic rings. The molecule has 0 atom stereocenters. The van der Waals surface area contributed by atoms with Crippen LogP contribution in [-0.2, 0) is 19.9 Å². The van der Waals surface area contributed by atoms with Crippen molar-refractivity contribution in [2.45, 2.75) is 33.1 Å². The fourth-order valence-corrected chi connectivity index (χ4v) is 3.58. The number of pyridine rings is 1. The number of benzene rings is 2. The molecule has 0 amide bonds. The van der Waals surface area contributed by atoms with Gasteiger partial charge in [-0.1, -0.05) is 24.2 Å². The molecule has 0 bridgehead atoms. The van der Waals surface area contributed by atoms with E-state index in [1.165, 1.54) is 17.5 Å². The summed E-state index contributed by atoms with van der Waals surface area (Å²) in [7, 11) is 1.98. The van der Waals surface area contributed by atoms with Gasteiger partial charge in [0.15, 0.2) is 5.69 Å². The second-order valence-corrected chi connectivity index (χ2v) is 6.28. The van der Waals surface area contributed by atoms with Gasteiger partial charge in [-0.05, 0) is 60.4 Å². The van der Waals surface area contributed by atoms with Crippen LogP contribution in [0.1, 0.15) is 32.9 Å². The molecule has 1 aromatic heterocycles. The minimum Gasteiger partial charge on any atom is -0.198 e. The first-order chi connectivity index (χ1) is 11.9. The van der Waals surface area contributed by atoms with Crippen molar-refractivity contribution in [3.8, 4) is 11.3 Å². The summed E-state index contributed by atoms with van der Waals surface area (Å²) in [6.07, 6.45) is 3.37. The normalized spacial score (nSPS) is 15.5. The molecule has 0 fully saturated rings. The Balaban J connectivity index is 2.17. The van der Waals surface area contributed by atoms with Crippen molar-refractivity contribution in [1.29, 1.82) is 0 Å². The monoisotopic (exact) mass is 291 g/mol. The van der Waals surface area contributed by atoms with Crippen LogP contribution in [0.5, 0.6) is 0 Å². The van der Waals surface area contributed by atoms with Gasteiger partial charge in [-0.15, -0.1) is 0 Å². The smallest absolute Gasteiger partial charge is 0.198 e. The lowest BCUT2D eigenvalue weighted by atomic mass is 9.96. The van der Waals surface area contributed by atoms with Crippen molar-refractivity contribution in [2.75, 3.05) is 0 Å². The van der Waals surface area contributed by atoms with E-state index < -0.39 is 0 Å². The van der Waals surface area contributed by atoms with Gasteiger partial charge in [0, 0.05) is 18.5 Å². The summed E-state index contributed by atoms with van der Waals surface area (Å²) in [5.41, 5.74) is 6.46. The SMILES string of the molecule is [2H]c1cc([2H])c(C)c(-c2c3cc4c(cc3c([2H])c(C)[n+]2C)CCC4)c1. The van der Waals surface area contributed by atoms with Crippen LogP contribution in [0.25, 0.3) is 22.0 Å². The van der Waals surface area contributed by atoms with Crippen LogP contribution in [0.2, 0.25) is 0 Å². The fourth-order valence-electron chi connectivity index (χ4n) is 3.58. The number of hydrogen-bond acceptors (Lipinski definition) is 0. The Morgan fingerprint density at radius 2 is 1.91 bits per heavy atom. The highest BCUT2D eigenvalue weighted by Gasteiger charge is 2.21. The van der Waals surface area contributed by atoms with Crippen LogP contribution < -0.4 is 4.57 Å². The van der Waals surface area contributed by atoms with Crippen LogP contribution >= 0.6 is 0 Å². The maximum atomic E-state index is 8.59. The summed E-state index contributed by atoms with van der Waals surface area (Å²) in [4.78, 5) is 0. The minimum atomic E-state index is 0.354. The predicted octanol–water partition coefficient (Wildman–Crippen LogP) is 4.44. The van der Waals surface area contributed by atoms with E-state index in [0.717, 1.165) is 46.1 Å². The first-order valence-corrected chi connectivity index (χ1v) is 7.91. The largest absolute Gasteiger partial charge is 0.220 e. The lowest BCUT2D eigenvalue weighted by molar-refractivity contribution is -0.665. The maximum Gasteiger partial charge on any atom is 0.220 e. The van der Waals surface area contributed by atoms with Crippen molar-refractivity contribution in [3.05, 3.63) is 64.8 Å². The first-order valence-electron chi connectivity index (χ1n) is 9.41. The molecule has 1 aliphatic carbocycles. The van der Waals surface area contributed by atoms with E-state index in [4.69, 9.17) is 4.11 Å². The van der Waals surface area contributed by atoms with E-state index in [1.54, 1.807) is 6.07 Å². The Kier molecular flexibility index (Phi) is 2.37. The van der Waals surface area contributed by atoms with Crippen molar-refractivity contribution >= 4 is 10.8 Å². The molecule has 0 saturated heterocycles. The summed E-state index contributed by atoms with van der Waals surface area (Å²) in [5.74, 6) is 0. The summed E-state index contributed by atoms with van der Waals surface area (Å²) in [6.45, 7) is 3.92. The van der Waals surface area contributed by atoms with E-state index in [9.17, 15) is 0 Å². The molecule has 4 rings (SSSR count). The fraction of sp³-hybridized carbons (Fsp3) is 0.286. The highest BCUT2D eigenvalue weighted by Crippen LogP contribution is 2.33. The molecular weight excluding hydrogens is 266 g/mol. The number of nitrogens with zero attached hydrogens (tertiary/aromatic N) is 1. The Morgan fingerprint density at radius 3 is 2.73 bits per heavy atom. The third-order valence-corrected chi connectivity index (χ3v) is 4.90. The molecule has 2 aromatic carbocycles. The average Bonchev–Trinajstić information content (AvgIpc) is 3.03. The number of fused-ring (bicyclic) bond motifs is 2. The van der Waals surface area contributed by atoms with Crippen LogP contribution in [0.15, 0.2) is 42.4 Å². The molecule has 0 N–H and O–H groups in total. The topological polar surface area (TPSA) is 3.88 Å². The second kappa shape index (κ2) is 4.95. The maximum absolute atomic E-state index is 8.59. The molecular formula is C21H22N+. The Labute approximate surface area is 136 Å². The van der Waals surface area contributed by atoms with Crippen molar-refractivity contribution in [1.82, 2.24) is 0 Å². The van der Waals surface area contributed by atoms with E-state index in [-0.39, 0.29) is 0 Å². The van der Waals surface area contributed by atoms with Gasteiger partial charge in [0.05, 0.1) is 9.50 Å². The molecule has 0 saturated carbocycles. The van der Waals surface area contributed by atoms with Crippen LogP contribution in [0.3, 0.4) is 0 Å². The molecule has 110 valence electrons. The summed E-state index contributed by atoms with van der Waals surface area (Å²) in [6, 6.07) is 9.18. The highest BCUT2D eigenvalue weighted by molar-refractivity contribution is 5.95. The molecule has 0 aliphatic heterocycles. The Hall–Kier alpha value is -2.15. The van der Waals surface area contributed by atoms with Crippen LogP contribution in [0.4, 0.5) is 0 Å². The van der Waals surface area contributed by atoms with E-state index >= 15 is 0 Å². The quantitative estimate of drug-likeness (QED) is 0.584. The second-order valence-electron chi connectivity index (χ2n) is 6.28. The van der Waals surface area contributed by atoms with Gasteiger partial charge in [0.2, 0.25) is 5.69 Å². The zero-order valence-electron chi connectivity index (χ0n) is 16.4. The minimum absolute atomic E-state index is 0.354. The molecule has 1 heterocycles. The van der Waals surface area contributed by atoms with Gasteiger partial charge in [0.25, 0.3) is 0 Å². The van der Waals surface area contributed by atoms with Crippen molar-refractivity contribution < 1.29 is 8.68 Å². The molecule has 22 heavy (non-hydrogen) atoms. The van der Waals surface area contributed by atoms with E-state index in [1.807, 2.05) is 31.5 Å². The standard InChI is InChI=1S/C21H22N/c1-14-7-4-5-10-19(14)21-20-13-17-9-6-8-16(17)12-18(20)11-15(2)22(21)3/h4-5,7,10-13H,6,8-9H2,1-3H3/q+1/i5D,7D,11D. The first kappa shape index (κ1) is 10.6. The van der Waals surface area contributed by atoms with Gasteiger partial charge in [-0.3, -0.25) is 0 Å². The lowest BCUT2D eigenvalue weighted by Crippen LogP contribution is -2.35. The van der Waals surface area contributed by atoms with E-state index in [2.05, 4.69) is 12.1 Å². The van der Waals surface area contributed by atoms with Gasteiger partial charge in [0.1, 0.15) is 7.05 Å². The van der Waals surface area contributed by atoms with Gasteiger partial charge in [-0.25, -0.2) is 0 Å². The summed E-state index contributed by atoms with van der Waals surface area (Å²) >= 11 is 0. The van der Waals surface area contributed by atoms with Crippen LogP contribution in [0, 0.1) is 13.8 Å². The predicted molar refractivity (Wildman–Crippen MR) is 92.1 cm³/mol. The van der Waals surface area contributed by atoms with E-state index in [0.29, 0.717) is 18.1 Å². The van der Waals surface area contributed by atoms with Crippen molar-refractivity contribution in [3.63, 3.8) is 0 Å².